The largest absolute Gasteiger partial charge is 0.309 e. The number of hydrogen-bond acceptors (Lipinski definition) is 2. The molecule has 0 aliphatic carbocycles. The first-order chi connectivity index (χ1) is 40.1. The van der Waals surface area contributed by atoms with Crippen LogP contribution in [0.4, 0.5) is 0 Å². The monoisotopic (exact) mass is 733 g/mol. The van der Waals surface area contributed by atoms with Crippen LogP contribution in [-0.2, 0) is 0 Å². The average Bonchev–Trinajstić information content (AvgIpc) is 1.50. The third-order valence-corrected chi connectivity index (χ3v) is 8.72. The number of para-hydroxylation sites is 4. The summed E-state index contributed by atoms with van der Waals surface area (Å²) < 4.78 is 281. The molecule has 11 aromatic rings. The maximum Gasteiger partial charge on any atom is 0.160 e. The van der Waals surface area contributed by atoms with E-state index in [1.54, 1.807) is 0 Å². The van der Waals surface area contributed by atoms with Crippen molar-refractivity contribution >= 4 is 54.5 Å². The fourth-order valence-corrected chi connectivity index (χ4v) is 6.43. The molecule has 0 N–H and O–H groups in total. The third-order valence-electron chi connectivity index (χ3n) is 8.72. The zero-order valence-electron chi connectivity index (χ0n) is 58.8. The molecule has 55 heavy (non-hydrogen) atoms. The van der Waals surface area contributed by atoms with Gasteiger partial charge in [0.15, 0.2) is 5.82 Å². The lowest BCUT2D eigenvalue weighted by Gasteiger charge is -2.11. The standard InChI is InChI=1S/C51H34N4/c1-33-12-11-13-37(32-33)50-40-16-5-8-19-43(40)52-51(53-50)36-24-22-34(23-25-36)35-26-28-39(29-27-35)55-45-21-10-7-18-42(45)49-47(55)31-30-46-48(49)41-17-6-9-20-44(41)54(46)38-14-3-2-4-15-38/h2-32H,1H3/i2D,3D,4D,5D,6D,7D,8D,9D,10D,11D,12D,13D,14D,15D,16D,17D,18D,19D,20D,21D,22D,23D,24D,25D,26D,27D,28D,29D,30D,31D,32D. The third kappa shape index (κ3) is 4.99. The molecule has 0 bridgehead atoms. The zero-order valence-corrected chi connectivity index (χ0v) is 27.8. The first-order valence-electron chi connectivity index (χ1n) is 31.7. The Morgan fingerprint density at radius 3 is 1.58 bits per heavy atom. The molecule has 0 atom stereocenters. The summed E-state index contributed by atoms with van der Waals surface area (Å²) in [4.78, 5) is 8.65. The summed E-state index contributed by atoms with van der Waals surface area (Å²) in [5.74, 6) is -0.772. The van der Waals surface area contributed by atoms with Crippen molar-refractivity contribution in [2.75, 3.05) is 0 Å². The number of rotatable bonds is 5. The Labute approximate surface area is 361 Å². The van der Waals surface area contributed by atoms with E-state index in [9.17, 15) is 17.8 Å². The van der Waals surface area contributed by atoms with Crippen molar-refractivity contribution in [1.29, 1.82) is 0 Å². The van der Waals surface area contributed by atoms with Crippen molar-refractivity contribution in [2.45, 2.75) is 6.92 Å². The van der Waals surface area contributed by atoms with E-state index >= 15 is 0 Å². The predicted octanol–water partition coefficient (Wildman–Crippen LogP) is 13.1. The summed E-state index contributed by atoms with van der Waals surface area (Å²) in [6.45, 7) is 1.29. The summed E-state index contributed by atoms with van der Waals surface area (Å²) in [5.41, 5.74) is -8.60. The van der Waals surface area contributed by atoms with E-state index in [4.69, 9.17) is 24.7 Å². The number of fused-ring (bicyclic) bond motifs is 8. The summed E-state index contributed by atoms with van der Waals surface area (Å²) in [6, 6.07) is -28.1. The molecule has 4 heteroatoms. The van der Waals surface area contributed by atoms with Crippen LogP contribution in [0.1, 0.15) is 48.1 Å². The second-order valence-electron chi connectivity index (χ2n) is 11.9. The zero-order chi connectivity index (χ0) is 63.4. The highest BCUT2D eigenvalue weighted by atomic mass is 15.0. The van der Waals surface area contributed by atoms with E-state index in [0.717, 1.165) is 4.57 Å². The predicted molar refractivity (Wildman–Crippen MR) is 229 cm³/mol. The molecule has 3 aromatic heterocycles. The van der Waals surface area contributed by atoms with Crippen molar-refractivity contribution in [2.24, 2.45) is 0 Å². The minimum absolute atomic E-state index is 0.131. The summed E-state index contributed by atoms with van der Waals surface area (Å²) >= 11 is 0. The Hall–Kier alpha value is -7.30. The molecule has 0 spiro atoms. The summed E-state index contributed by atoms with van der Waals surface area (Å²) in [7, 11) is 0. The maximum absolute atomic E-state index is 9.71. The van der Waals surface area contributed by atoms with Gasteiger partial charge in [0, 0.05) is 49.4 Å². The minimum atomic E-state index is -1.13. The molecular formula is C51H34N4. The van der Waals surface area contributed by atoms with Gasteiger partial charge in [0.05, 0.1) is 75.8 Å². The van der Waals surface area contributed by atoms with Gasteiger partial charge in [-0.1, -0.05) is 132 Å². The number of aromatic nitrogens is 4. The second-order valence-corrected chi connectivity index (χ2v) is 11.9. The Morgan fingerprint density at radius 2 is 0.927 bits per heavy atom. The fraction of sp³-hybridized carbons (Fsp3) is 0.0196. The quantitative estimate of drug-likeness (QED) is 0.177. The van der Waals surface area contributed by atoms with E-state index in [-0.39, 0.29) is 5.56 Å². The lowest BCUT2D eigenvalue weighted by Crippen LogP contribution is -1.95. The first-order valence-corrected chi connectivity index (χ1v) is 16.2. The van der Waals surface area contributed by atoms with Crippen molar-refractivity contribution in [3.8, 4) is 45.1 Å². The van der Waals surface area contributed by atoms with Crippen molar-refractivity contribution in [3.63, 3.8) is 0 Å². The number of hydrogen-bond donors (Lipinski definition) is 0. The fourth-order valence-electron chi connectivity index (χ4n) is 6.43. The van der Waals surface area contributed by atoms with Crippen LogP contribution in [0.2, 0.25) is 0 Å². The molecule has 8 aromatic carbocycles. The lowest BCUT2D eigenvalue weighted by atomic mass is 10.0. The topological polar surface area (TPSA) is 35.6 Å². The number of benzene rings is 8. The van der Waals surface area contributed by atoms with Crippen molar-refractivity contribution in [3.05, 3.63) is 193 Å². The highest BCUT2D eigenvalue weighted by Crippen LogP contribution is 2.42. The molecule has 0 amide bonds. The van der Waals surface area contributed by atoms with Gasteiger partial charge in [-0.15, -0.1) is 0 Å². The Morgan fingerprint density at radius 1 is 0.400 bits per heavy atom. The first kappa shape index (κ1) is 13.2. The van der Waals surface area contributed by atoms with Crippen LogP contribution in [0.5, 0.6) is 0 Å². The number of nitrogens with zero attached hydrogens (tertiary/aromatic N) is 4. The molecule has 11 rings (SSSR count). The molecule has 0 aliphatic heterocycles. The van der Waals surface area contributed by atoms with E-state index in [2.05, 4.69) is 9.97 Å². The summed E-state index contributed by atoms with van der Waals surface area (Å²) in [6.07, 6.45) is 0. The van der Waals surface area contributed by atoms with Gasteiger partial charge in [-0.2, -0.15) is 0 Å². The average molecular weight is 734 g/mol. The Kier molecular flexibility index (Phi) is 2.98. The van der Waals surface area contributed by atoms with Crippen LogP contribution in [0.25, 0.3) is 99.7 Å². The normalized spacial score (nSPS) is 19.6. The smallest absolute Gasteiger partial charge is 0.160 e. The van der Waals surface area contributed by atoms with Gasteiger partial charge >= 0.3 is 0 Å². The van der Waals surface area contributed by atoms with Crippen LogP contribution in [0, 0.1) is 6.92 Å². The maximum atomic E-state index is 9.71. The second kappa shape index (κ2) is 12.4. The summed E-state index contributed by atoms with van der Waals surface area (Å²) in [5, 5.41) is -2.60. The van der Waals surface area contributed by atoms with Crippen LogP contribution in [0.3, 0.4) is 0 Å². The SMILES string of the molecule is [2H]c1c([2H])c([2H])c(-n2c3c([2H])c([2H])c([2H])c([2H])c3c3c4c5c([2H])c([2H])c([2H])c([2H])c5n(-c5c([2H])c([2H])c(-c6c([2H])c([2H])c(-c7nc(-c8c([2H])c([2H])c([2H])c(C)c8[2H])c8c([2H])c([2H])c([2H])c([2H])c8n7)c([2H])c6[2H])c([2H])c5[2H])c4c([2H])c([2H])c32)c([2H])c1[2H]. The molecule has 0 aliphatic rings. The van der Waals surface area contributed by atoms with E-state index < -0.39 is 287 Å². The molecule has 3 heterocycles. The highest BCUT2D eigenvalue weighted by Gasteiger charge is 2.20. The minimum Gasteiger partial charge on any atom is -0.309 e. The highest BCUT2D eigenvalue weighted by molar-refractivity contribution is 6.28. The van der Waals surface area contributed by atoms with E-state index in [1.165, 1.54) is 6.92 Å². The molecule has 258 valence electrons. The van der Waals surface area contributed by atoms with Gasteiger partial charge in [-0.25, -0.2) is 9.97 Å². The molecular weight excluding hydrogens is 669 g/mol. The molecule has 0 saturated heterocycles. The molecule has 0 fully saturated rings. The Balaban J connectivity index is 1.25. The molecule has 0 radical (unpaired) electrons. The Bertz CT molecular complexity index is 4970. The van der Waals surface area contributed by atoms with Gasteiger partial charge in [0.25, 0.3) is 0 Å². The van der Waals surface area contributed by atoms with Gasteiger partial charge < -0.3 is 9.13 Å². The van der Waals surface area contributed by atoms with E-state index in [0.29, 0.717) is 4.57 Å². The van der Waals surface area contributed by atoms with Gasteiger partial charge in [0.2, 0.25) is 0 Å². The van der Waals surface area contributed by atoms with Crippen LogP contribution in [-0.4, -0.2) is 19.1 Å². The van der Waals surface area contributed by atoms with Crippen molar-refractivity contribution < 1.29 is 42.5 Å². The molecule has 0 saturated carbocycles. The lowest BCUT2D eigenvalue weighted by molar-refractivity contribution is 1.17. The van der Waals surface area contributed by atoms with Gasteiger partial charge in [-0.05, 0) is 78.5 Å². The van der Waals surface area contributed by atoms with Gasteiger partial charge in [-0.3, -0.25) is 0 Å². The molecule has 4 nitrogen and oxygen atoms in total. The molecule has 0 unspecified atom stereocenters. The van der Waals surface area contributed by atoms with Gasteiger partial charge in [0.1, 0.15) is 0 Å². The van der Waals surface area contributed by atoms with Crippen LogP contribution >= 0.6 is 0 Å². The van der Waals surface area contributed by atoms with Crippen molar-refractivity contribution in [1.82, 2.24) is 19.1 Å². The van der Waals surface area contributed by atoms with Crippen LogP contribution in [0.15, 0.2) is 187 Å². The van der Waals surface area contributed by atoms with Crippen LogP contribution < -0.4 is 0 Å². The van der Waals surface area contributed by atoms with E-state index in [1.807, 2.05) is 0 Å².